The van der Waals surface area contributed by atoms with Gasteiger partial charge in [0.2, 0.25) is 5.91 Å². The van der Waals surface area contributed by atoms with Crippen molar-refractivity contribution in [2.45, 2.75) is 12.3 Å². The van der Waals surface area contributed by atoms with Gasteiger partial charge in [0.05, 0.1) is 6.54 Å². The highest BCUT2D eigenvalue weighted by molar-refractivity contribution is 5.78. The van der Waals surface area contributed by atoms with Crippen molar-refractivity contribution in [3.63, 3.8) is 0 Å². The Bertz CT molecular complexity index is 337. The summed E-state index contributed by atoms with van der Waals surface area (Å²) in [6, 6.07) is 10.4. The van der Waals surface area contributed by atoms with Crippen molar-refractivity contribution in [1.82, 2.24) is 4.90 Å². The van der Waals surface area contributed by atoms with Crippen LogP contribution in [0.1, 0.15) is 17.9 Å². The molecule has 1 fully saturated rings. The van der Waals surface area contributed by atoms with E-state index in [1.807, 2.05) is 23.1 Å². The minimum atomic E-state index is 0.0634. The van der Waals surface area contributed by atoms with Crippen LogP contribution >= 0.6 is 0 Å². The second-order valence-corrected chi connectivity index (χ2v) is 3.94. The Morgan fingerprint density at radius 2 is 2.13 bits per heavy atom. The van der Waals surface area contributed by atoms with E-state index < -0.39 is 0 Å². The Labute approximate surface area is 89.9 Å². The number of likely N-dealkylation sites (tertiary alicyclic amines) is 1. The van der Waals surface area contributed by atoms with Gasteiger partial charge in [0, 0.05) is 19.0 Å². The lowest BCUT2D eigenvalue weighted by molar-refractivity contribution is -0.128. The third-order valence-electron chi connectivity index (χ3n) is 2.99. The van der Waals surface area contributed by atoms with E-state index in [1.54, 1.807) is 0 Å². The fourth-order valence-electron chi connectivity index (χ4n) is 2.11. The van der Waals surface area contributed by atoms with Crippen molar-refractivity contribution in [3.8, 4) is 0 Å². The summed E-state index contributed by atoms with van der Waals surface area (Å²) in [6.45, 7) is 1.79. The molecule has 0 bridgehead atoms. The van der Waals surface area contributed by atoms with Crippen LogP contribution in [0, 0.1) is 0 Å². The van der Waals surface area contributed by atoms with Crippen LogP contribution in [0.5, 0.6) is 0 Å². The molecule has 0 spiro atoms. The van der Waals surface area contributed by atoms with Gasteiger partial charge < -0.3 is 10.6 Å². The quantitative estimate of drug-likeness (QED) is 0.780. The van der Waals surface area contributed by atoms with E-state index in [1.165, 1.54) is 5.56 Å². The van der Waals surface area contributed by atoms with Gasteiger partial charge in [0.15, 0.2) is 0 Å². The smallest absolute Gasteiger partial charge is 0.236 e. The first-order chi connectivity index (χ1) is 7.31. The average molecular weight is 204 g/mol. The van der Waals surface area contributed by atoms with Crippen LogP contribution < -0.4 is 5.73 Å². The van der Waals surface area contributed by atoms with Crippen molar-refractivity contribution in [2.24, 2.45) is 5.73 Å². The number of nitrogens with zero attached hydrogens (tertiary/aromatic N) is 1. The first kappa shape index (κ1) is 10.2. The number of amides is 1. The largest absolute Gasteiger partial charge is 0.341 e. The predicted molar refractivity (Wildman–Crippen MR) is 59.4 cm³/mol. The van der Waals surface area contributed by atoms with Crippen LogP contribution in [-0.4, -0.2) is 30.4 Å². The van der Waals surface area contributed by atoms with E-state index in [2.05, 4.69) is 12.1 Å². The predicted octanol–water partition coefficient (Wildman–Crippen LogP) is 0.961. The lowest BCUT2D eigenvalue weighted by Gasteiger charge is -2.15. The third kappa shape index (κ3) is 2.18. The molecule has 1 atom stereocenters. The topological polar surface area (TPSA) is 46.3 Å². The highest BCUT2D eigenvalue weighted by atomic mass is 16.2. The minimum absolute atomic E-state index is 0.0634. The minimum Gasteiger partial charge on any atom is -0.341 e. The second kappa shape index (κ2) is 4.45. The number of hydrogen-bond acceptors (Lipinski definition) is 2. The Morgan fingerprint density at radius 1 is 1.40 bits per heavy atom. The highest BCUT2D eigenvalue weighted by Gasteiger charge is 2.26. The lowest BCUT2D eigenvalue weighted by Crippen LogP contribution is -2.33. The first-order valence-corrected chi connectivity index (χ1v) is 5.34. The van der Waals surface area contributed by atoms with E-state index in [0.717, 1.165) is 19.5 Å². The zero-order chi connectivity index (χ0) is 10.7. The molecule has 1 aromatic rings. The monoisotopic (exact) mass is 204 g/mol. The van der Waals surface area contributed by atoms with E-state index >= 15 is 0 Å². The fraction of sp³-hybridized carbons (Fsp3) is 0.417. The molecular formula is C12H16N2O. The molecule has 0 aliphatic carbocycles. The summed E-state index contributed by atoms with van der Waals surface area (Å²) in [5, 5.41) is 0. The molecular weight excluding hydrogens is 188 g/mol. The van der Waals surface area contributed by atoms with Crippen LogP contribution in [0.25, 0.3) is 0 Å². The summed E-state index contributed by atoms with van der Waals surface area (Å²) in [6.07, 6.45) is 1.05. The number of nitrogens with two attached hydrogens (primary N) is 1. The maximum Gasteiger partial charge on any atom is 0.236 e. The molecule has 1 saturated heterocycles. The van der Waals surface area contributed by atoms with Gasteiger partial charge in [-0.05, 0) is 12.0 Å². The summed E-state index contributed by atoms with van der Waals surface area (Å²) >= 11 is 0. The molecule has 1 aromatic carbocycles. The molecule has 1 heterocycles. The third-order valence-corrected chi connectivity index (χ3v) is 2.99. The number of benzene rings is 1. The molecule has 0 saturated carbocycles. The van der Waals surface area contributed by atoms with Crippen LogP contribution in [0.4, 0.5) is 0 Å². The number of hydrogen-bond donors (Lipinski definition) is 1. The standard InChI is InChI=1S/C12H16N2O/c13-8-12(15)14-7-6-11(9-14)10-4-2-1-3-5-10/h1-5,11H,6-9,13H2. The maximum absolute atomic E-state index is 11.4. The van der Waals surface area contributed by atoms with Crippen molar-refractivity contribution < 1.29 is 4.79 Å². The Morgan fingerprint density at radius 3 is 2.80 bits per heavy atom. The van der Waals surface area contributed by atoms with Crippen molar-refractivity contribution in [2.75, 3.05) is 19.6 Å². The Balaban J connectivity index is 2.02. The van der Waals surface area contributed by atoms with Crippen LogP contribution in [-0.2, 0) is 4.79 Å². The molecule has 2 rings (SSSR count). The van der Waals surface area contributed by atoms with Gasteiger partial charge in [0.1, 0.15) is 0 Å². The van der Waals surface area contributed by atoms with E-state index in [-0.39, 0.29) is 12.5 Å². The summed E-state index contributed by atoms with van der Waals surface area (Å²) < 4.78 is 0. The SMILES string of the molecule is NCC(=O)N1CCC(c2ccccc2)C1. The zero-order valence-electron chi connectivity index (χ0n) is 8.73. The van der Waals surface area contributed by atoms with Crippen LogP contribution in [0.15, 0.2) is 30.3 Å². The molecule has 0 radical (unpaired) electrons. The zero-order valence-corrected chi connectivity index (χ0v) is 8.73. The second-order valence-electron chi connectivity index (χ2n) is 3.94. The molecule has 1 unspecified atom stereocenters. The summed E-state index contributed by atoms with van der Waals surface area (Å²) in [7, 11) is 0. The highest BCUT2D eigenvalue weighted by Crippen LogP contribution is 2.26. The van der Waals surface area contributed by atoms with Gasteiger partial charge in [-0.3, -0.25) is 4.79 Å². The normalized spacial score (nSPS) is 20.6. The van der Waals surface area contributed by atoms with Gasteiger partial charge in [-0.15, -0.1) is 0 Å². The molecule has 80 valence electrons. The summed E-state index contributed by atoms with van der Waals surface area (Å²) in [5.74, 6) is 0.551. The molecule has 3 heteroatoms. The molecule has 1 amide bonds. The van der Waals surface area contributed by atoms with Gasteiger partial charge in [-0.2, -0.15) is 0 Å². The fourth-order valence-corrected chi connectivity index (χ4v) is 2.11. The van der Waals surface area contributed by atoms with Gasteiger partial charge in [-0.1, -0.05) is 30.3 Å². The van der Waals surface area contributed by atoms with E-state index in [4.69, 9.17) is 5.73 Å². The van der Waals surface area contributed by atoms with E-state index in [0.29, 0.717) is 5.92 Å². The maximum atomic E-state index is 11.4. The molecule has 0 aromatic heterocycles. The average Bonchev–Trinajstić information content (AvgIpc) is 2.78. The first-order valence-electron chi connectivity index (χ1n) is 5.34. The van der Waals surface area contributed by atoms with Crippen LogP contribution in [0.3, 0.4) is 0 Å². The molecule has 15 heavy (non-hydrogen) atoms. The summed E-state index contributed by atoms with van der Waals surface area (Å²) in [4.78, 5) is 13.3. The Kier molecular flexibility index (Phi) is 3.02. The number of carbonyl (C=O) groups is 1. The number of rotatable bonds is 2. The van der Waals surface area contributed by atoms with Crippen molar-refractivity contribution in [3.05, 3.63) is 35.9 Å². The molecule has 3 nitrogen and oxygen atoms in total. The van der Waals surface area contributed by atoms with E-state index in [9.17, 15) is 4.79 Å². The van der Waals surface area contributed by atoms with Gasteiger partial charge in [-0.25, -0.2) is 0 Å². The summed E-state index contributed by atoms with van der Waals surface area (Å²) in [5.41, 5.74) is 6.67. The van der Waals surface area contributed by atoms with Gasteiger partial charge >= 0.3 is 0 Å². The molecule has 1 aliphatic heterocycles. The Hall–Kier alpha value is -1.35. The van der Waals surface area contributed by atoms with Gasteiger partial charge in [0.25, 0.3) is 0 Å². The number of carbonyl (C=O) groups excluding carboxylic acids is 1. The van der Waals surface area contributed by atoms with Crippen LogP contribution in [0.2, 0.25) is 0 Å². The van der Waals surface area contributed by atoms with Crippen molar-refractivity contribution in [1.29, 1.82) is 0 Å². The molecule has 1 aliphatic rings. The molecule has 2 N–H and O–H groups in total. The van der Waals surface area contributed by atoms with Crippen molar-refractivity contribution >= 4 is 5.91 Å². The lowest BCUT2D eigenvalue weighted by atomic mass is 9.99.